The number of nitrogens with zero attached hydrogens (tertiary/aromatic N) is 3. The average Bonchev–Trinajstić information content (AvgIpc) is 3.02. The Labute approximate surface area is 114 Å². The summed E-state index contributed by atoms with van der Waals surface area (Å²) < 4.78 is 4.84. The van der Waals surface area contributed by atoms with Crippen molar-refractivity contribution in [2.24, 2.45) is 10.4 Å². The molecule has 1 saturated carbocycles. The van der Waals surface area contributed by atoms with E-state index in [0.717, 1.165) is 31.3 Å². The predicted octanol–water partition coefficient (Wildman–Crippen LogP) is 2.02. The molecule has 1 aromatic rings. The summed E-state index contributed by atoms with van der Waals surface area (Å²) in [4.78, 5) is 7.08. The fourth-order valence-electron chi connectivity index (χ4n) is 3.10. The van der Waals surface area contributed by atoms with E-state index in [1.165, 1.54) is 25.7 Å². The van der Waals surface area contributed by atoms with Gasteiger partial charge in [0.1, 0.15) is 12.0 Å². The molecular formula is C14H22N4O. The predicted molar refractivity (Wildman–Crippen MR) is 73.8 cm³/mol. The summed E-state index contributed by atoms with van der Waals surface area (Å²) in [6.07, 6.45) is 7.11. The average molecular weight is 262 g/mol. The van der Waals surface area contributed by atoms with Gasteiger partial charge in [-0.3, -0.25) is 0 Å². The van der Waals surface area contributed by atoms with Crippen LogP contribution in [0.1, 0.15) is 38.3 Å². The van der Waals surface area contributed by atoms with E-state index in [1.807, 2.05) is 6.07 Å². The van der Waals surface area contributed by atoms with E-state index >= 15 is 0 Å². The summed E-state index contributed by atoms with van der Waals surface area (Å²) in [5.74, 6) is 1.02. The van der Waals surface area contributed by atoms with Crippen LogP contribution >= 0.6 is 0 Å². The van der Waals surface area contributed by atoms with Crippen molar-refractivity contribution in [3.05, 3.63) is 18.0 Å². The number of aliphatic imine (C=N–C) groups is 1. The number of guanidine groups is 1. The zero-order valence-electron chi connectivity index (χ0n) is 11.6. The van der Waals surface area contributed by atoms with Crippen LogP contribution in [0.15, 0.2) is 21.8 Å². The zero-order chi connectivity index (χ0) is 13.1. The lowest BCUT2D eigenvalue weighted by molar-refractivity contribution is 0.151. The highest BCUT2D eigenvalue weighted by atomic mass is 16.5. The summed E-state index contributed by atoms with van der Waals surface area (Å²) in [5, 5.41) is 7.29. The minimum absolute atomic E-state index is 0.586. The molecule has 2 heterocycles. The van der Waals surface area contributed by atoms with Gasteiger partial charge in [0.05, 0.1) is 6.54 Å². The van der Waals surface area contributed by atoms with Gasteiger partial charge in [-0.1, -0.05) is 11.6 Å². The molecule has 1 N–H and O–H groups in total. The normalized spacial score (nSPS) is 21.7. The molecule has 1 aliphatic heterocycles. The number of rotatable bonds is 3. The summed E-state index contributed by atoms with van der Waals surface area (Å²) >= 11 is 0. The van der Waals surface area contributed by atoms with Crippen molar-refractivity contribution in [1.82, 2.24) is 15.4 Å². The molecule has 5 nitrogen and oxygen atoms in total. The first-order chi connectivity index (χ1) is 9.31. The van der Waals surface area contributed by atoms with Crippen LogP contribution in [-0.2, 0) is 6.54 Å². The molecule has 1 saturated heterocycles. The highest BCUT2D eigenvalue weighted by Gasteiger charge is 2.43. The van der Waals surface area contributed by atoms with Gasteiger partial charge in [-0.15, -0.1) is 0 Å². The Morgan fingerprint density at radius 3 is 3.00 bits per heavy atom. The highest BCUT2D eigenvalue weighted by Crippen LogP contribution is 2.47. The highest BCUT2D eigenvalue weighted by molar-refractivity contribution is 5.80. The summed E-state index contributed by atoms with van der Waals surface area (Å²) in [5.41, 5.74) is 1.48. The topological polar surface area (TPSA) is 53.7 Å². The molecule has 1 spiro atoms. The minimum atomic E-state index is 0.586. The van der Waals surface area contributed by atoms with E-state index in [4.69, 9.17) is 4.52 Å². The van der Waals surface area contributed by atoms with Crippen molar-refractivity contribution in [2.45, 2.75) is 39.2 Å². The van der Waals surface area contributed by atoms with Crippen LogP contribution in [0.3, 0.4) is 0 Å². The number of aromatic nitrogens is 1. The van der Waals surface area contributed by atoms with Crippen LogP contribution < -0.4 is 5.32 Å². The zero-order valence-corrected chi connectivity index (χ0v) is 11.6. The Kier molecular flexibility index (Phi) is 3.44. The second kappa shape index (κ2) is 5.23. The quantitative estimate of drug-likeness (QED) is 0.669. The Bertz CT molecular complexity index is 436. The van der Waals surface area contributed by atoms with E-state index < -0.39 is 0 Å². The van der Waals surface area contributed by atoms with Gasteiger partial charge in [0.25, 0.3) is 0 Å². The van der Waals surface area contributed by atoms with E-state index in [2.05, 4.69) is 27.3 Å². The van der Waals surface area contributed by atoms with Crippen molar-refractivity contribution in [2.75, 3.05) is 19.6 Å². The smallest absolute Gasteiger partial charge is 0.194 e. The van der Waals surface area contributed by atoms with Crippen molar-refractivity contribution in [1.29, 1.82) is 0 Å². The molecule has 104 valence electrons. The first-order valence-corrected chi connectivity index (χ1v) is 7.24. The number of nitrogens with one attached hydrogen (secondary N) is 1. The van der Waals surface area contributed by atoms with Gasteiger partial charge in [-0.25, -0.2) is 4.99 Å². The summed E-state index contributed by atoms with van der Waals surface area (Å²) in [6, 6.07) is 1.87. The first kappa shape index (κ1) is 12.5. The maximum Gasteiger partial charge on any atom is 0.194 e. The Morgan fingerprint density at radius 1 is 1.53 bits per heavy atom. The Hall–Kier alpha value is -1.52. The maximum absolute atomic E-state index is 4.84. The van der Waals surface area contributed by atoms with Gasteiger partial charge < -0.3 is 14.7 Å². The van der Waals surface area contributed by atoms with Gasteiger partial charge in [0.2, 0.25) is 0 Å². The number of likely N-dealkylation sites (tertiary alicyclic amines) is 1. The molecule has 0 aromatic carbocycles. The largest absolute Gasteiger partial charge is 0.364 e. The Balaban J connectivity index is 1.65. The molecule has 0 atom stereocenters. The third-order valence-electron chi connectivity index (χ3n) is 4.37. The van der Waals surface area contributed by atoms with Crippen molar-refractivity contribution in [3.8, 4) is 0 Å². The molecule has 2 aliphatic rings. The molecule has 1 aliphatic carbocycles. The maximum atomic E-state index is 4.84. The van der Waals surface area contributed by atoms with E-state index in [0.29, 0.717) is 12.0 Å². The van der Waals surface area contributed by atoms with E-state index in [9.17, 15) is 0 Å². The molecule has 5 heteroatoms. The van der Waals surface area contributed by atoms with Gasteiger partial charge >= 0.3 is 0 Å². The van der Waals surface area contributed by atoms with Gasteiger partial charge in [-0.05, 0) is 31.6 Å². The van der Waals surface area contributed by atoms with E-state index in [-0.39, 0.29) is 0 Å². The summed E-state index contributed by atoms with van der Waals surface area (Å²) in [7, 11) is 0. The summed E-state index contributed by atoms with van der Waals surface area (Å²) in [6.45, 7) is 5.90. The molecule has 3 rings (SSSR count). The molecule has 0 unspecified atom stereocenters. The lowest BCUT2D eigenvalue weighted by atomic mass is 9.68. The van der Waals surface area contributed by atoms with Gasteiger partial charge in [0, 0.05) is 25.7 Å². The molecule has 2 fully saturated rings. The molecular weight excluding hydrogens is 240 g/mol. The van der Waals surface area contributed by atoms with E-state index in [1.54, 1.807) is 6.26 Å². The molecule has 1 aromatic heterocycles. The monoisotopic (exact) mass is 262 g/mol. The second-order valence-electron chi connectivity index (χ2n) is 5.69. The van der Waals surface area contributed by atoms with Crippen LogP contribution in [-0.4, -0.2) is 35.7 Å². The molecule has 0 amide bonds. The molecule has 0 radical (unpaired) electrons. The third-order valence-corrected chi connectivity index (χ3v) is 4.37. The lowest BCUT2D eigenvalue weighted by Crippen LogP contribution is -2.42. The SMILES string of the molecule is CCNC(=NCc1ccon1)N1CCC2(CCC2)C1. The van der Waals surface area contributed by atoms with Gasteiger partial charge in [0.15, 0.2) is 5.96 Å². The van der Waals surface area contributed by atoms with Crippen LogP contribution in [0.2, 0.25) is 0 Å². The second-order valence-corrected chi connectivity index (χ2v) is 5.69. The van der Waals surface area contributed by atoms with Crippen LogP contribution in [0, 0.1) is 5.41 Å². The number of hydrogen-bond acceptors (Lipinski definition) is 3. The number of hydrogen-bond donors (Lipinski definition) is 1. The fraction of sp³-hybridized carbons (Fsp3) is 0.714. The minimum Gasteiger partial charge on any atom is -0.364 e. The first-order valence-electron chi connectivity index (χ1n) is 7.24. The van der Waals surface area contributed by atoms with Crippen LogP contribution in [0.5, 0.6) is 0 Å². The van der Waals surface area contributed by atoms with Gasteiger partial charge in [-0.2, -0.15) is 0 Å². The lowest BCUT2D eigenvalue weighted by Gasteiger charge is -2.38. The van der Waals surface area contributed by atoms with Crippen molar-refractivity contribution in [3.63, 3.8) is 0 Å². The van der Waals surface area contributed by atoms with Crippen molar-refractivity contribution >= 4 is 5.96 Å². The van der Waals surface area contributed by atoms with Crippen LogP contribution in [0.4, 0.5) is 0 Å². The van der Waals surface area contributed by atoms with Crippen molar-refractivity contribution < 1.29 is 4.52 Å². The Morgan fingerprint density at radius 2 is 2.42 bits per heavy atom. The third kappa shape index (κ3) is 2.60. The standard InChI is InChI=1S/C14H22N4O/c1-2-15-13(16-10-12-4-9-19-17-12)18-8-7-14(11-18)5-3-6-14/h4,9H,2-3,5-8,10-11H2,1H3,(H,15,16). The molecule has 0 bridgehead atoms. The fourth-order valence-corrected chi connectivity index (χ4v) is 3.10. The van der Waals surface area contributed by atoms with Crippen LogP contribution in [0.25, 0.3) is 0 Å². The molecule has 19 heavy (non-hydrogen) atoms.